The highest BCUT2D eigenvalue weighted by Gasteiger charge is 2.21. The van der Waals surface area contributed by atoms with Gasteiger partial charge in [-0.05, 0) is 60.2 Å². The number of ether oxygens (including phenoxy) is 2. The van der Waals surface area contributed by atoms with Crippen LogP contribution in [0.3, 0.4) is 0 Å². The number of fused-ring (bicyclic) bond motifs is 1. The molecule has 0 amide bonds. The van der Waals surface area contributed by atoms with Crippen molar-refractivity contribution >= 4 is 12.4 Å². The second-order valence-corrected chi connectivity index (χ2v) is 6.43. The zero-order valence-electron chi connectivity index (χ0n) is 15.1. The molecule has 3 rings (SSSR count). The summed E-state index contributed by atoms with van der Waals surface area (Å²) in [4.78, 5) is 0. The summed E-state index contributed by atoms with van der Waals surface area (Å²) >= 11 is 0. The Morgan fingerprint density at radius 2 is 1.69 bits per heavy atom. The van der Waals surface area contributed by atoms with Crippen LogP contribution in [-0.4, -0.2) is 37.0 Å². The van der Waals surface area contributed by atoms with Crippen molar-refractivity contribution in [2.24, 2.45) is 0 Å². The lowest BCUT2D eigenvalue weighted by molar-refractivity contribution is 0.168. The maximum Gasteiger partial charge on any atom is 0.161 e. The number of phenols is 1. The lowest BCUT2D eigenvalue weighted by Crippen LogP contribution is -2.37. The first-order valence-electron chi connectivity index (χ1n) is 8.55. The molecule has 0 spiro atoms. The molecule has 1 aliphatic carbocycles. The van der Waals surface area contributed by atoms with E-state index in [9.17, 15) is 10.2 Å². The largest absolute Gasteiger partial charge is 0.508 e. The number of aromatic hydroxyl groups is 1. The molecule has 3 N–H and O–H groups in total. The van der Waals surface area contributed by atoms with E-state index in [1.165, 1.54) is 11.1 Å². The molecule has 2 unspecified atom stereocenters. The SMILES string of the molecule is COc1cc2c(cc1OC)CC(NCC(O)c1ccc(O)cc1)CC2.Cl. The second kappa shape index (κ2) is 9.12. The van der Waals surface area contributed by atoms with Gasteiger partial charge >= 0.3 is 0 Å². The van der Waals surface area contributed by atoms with E-state index in [2.05, 4.69) is 17.4 Å². The number of aryl methyl sites for hydroxylation is 1. The monoisotopic (exact) mass is 379 g/mol. The van der Waals surface area contributed by atoms with Gasteiger partial charge in [-0.1, -0.05) is 12.1 Å². The Bertz CT molecular complexity index is 720. The number of phenolic OH excluding ortho intramolecular Hbond substituents is 1. The molecule has 0 aromatic heterocycles. The fraction of sp³-hybridized carbons (Fsp3) is 0.400. The van der Waals surface area contributed by atoms with E-state index >= 15 is 0 Å². The third kappa shape index (κ3) is 4.61. The lowest BCUT2D eigenvalue weighted by Gasteiger charge is -2.27. The topological polar surface area (TPSA) is 71.0 Å². The lowest BCUT2D eigenvalue weighted by atomic mass is 9.87. The number of nitrogens with one attached hydrogen (secondary N) is 1. The summed E-state index contributed by atoms with van der Waals surface area (Å²) in [5, 5.41) is 23.1. The van der Waals surface area contributed by atoms with Crippen molar-refractivity contribution < 1.29 is 19.7 Å². The van der Waals surface area contributed by atoms with Crippen LogP contribution in [-0.2, 0) is 12.8 Å². The maximum atomic E-state index is 10.3. The van der Waals surface area contributed by atoms with Crippen molar-refractivity contribution in [1.82, 2.24) is 5.32 Å². The van der Waals surface area contributed by atoms with Crippen LogP contribution in [0.15, 0.2) is 36.4 Å². The normalized spacial score (nSPS) is 17.0. The van der Waals surface area contributed by atoms with Crippen molar-refractivity contribution in [3.8, 4) is 17.2 Å². The van der Waals surface area contributed by atoms with Gasteiger partial charge in [-0.2, -0.15) is 0 Å². The fourth-order valence-corrected chi connectivity index (χ4v) is 3.35. The Kier molecular flexibility index (Phi) is 7.14. The summed E-state index contributed by atoms with van der Waals surface area (Å²) in [5.74, 6) is 1.73. The molecular weight excluding hydrogens is 354 g/mol. The van der Waals surface area contributed by atoms with Crippen molar-refractivity contribution in [3.63, 3.8) is 0 Å². The first-order chi connectivity index (χ1) is 12.1. The quantitative estimate of drug-likeness (QED) is 0.719. The molecule has 0 heterocycles. The molecule has 6 heteroatoms. The Morgan fingerprint density at radius 3 is 2.31 bits per heavy atom. The van der Waals surface area contributed by atoms with E-state index < -0.39 is 6.10 Å². The standard InChI is InChI=1S/C20H25NO4.ClH/c1-24-19-10-14-3-6-16(9-15(14)11-20(19)25-2)21-12-18(23)13-4-7-17(22)8-5-13;/h4-5,7-8,10-11,16,18,21-23H,3,6,9,12H2,1-2H3;1H. The Labute approximate surface area is 160 Å². The summed E-state index contributed by atoms with van der Waals surface area (Å²) in [6.45, 7) is 0.484. The minimum absolute atomic E-state index is 0. The number of hydrogen-bond donors (Lipinski definition) is 3. The Hall–Kier alpha value is -1.95. The van der Waals surface area contributed by atoms with Gasteiger partial charge in [-0.25, -0.2) is 0 Å². The minimum Gasteiger partial charge on any atom is -0.508 e. The average Bonchev–Trinajstić information content (AvgIpc) is 2.65. The number of halogens is 1. The highest BCUT2D eigenvalue weighted by atomic mass is 35.5. The van der Waals surface area contributed by atoms with Gasteiger partial charge in [0.1, 0.15) is 5.75 Å². The van der Waals surface area contributed by atoms with E-state index in [1.807, 2.05) is 0 Å². The first-order valence-corrected chi connectivity index (χ1v) is 8.55. The molecule has 2 atom stereocenters. The summed E-state index contributed by atoms with van der Waals surface area (Å²) in [6, 6.07) is 11.1. The molecule has 0 aliphatic heterocycles. The van der Waals surface area contributed by atoms with Crippen molar-refractivity contribution in [1.29, 1.82) is 0 Å². The average molecular weight is 380 g/mol. The van der Waals surface area contributed by atoms with Crippen molar-refractivity contribution in [3.05, 3.63) is 53.1 Å². The number of hydrogen-bond acceptors (Lipinski definition) is 5. The van der Waals surface area contributed by atoms with Crippen LogP contribution >= 0.6 is 12.4 Å². The van der Waals surface area contributed by atoms with Gasteiger partial charge in [-0.3, -0.25) is 0 Å². The fourth-order valence-electron chi connectivity index (χ4n) is 3.35. The van der Waals surface area contributed by atoms with Crippen molar-refractivity contribution in [2.45, 2.75) is 31.4 Å². The van der Waals surface area contributed by atoms with Crippen molar-refractivity contribution in [2.75, 3.05) is 20.8 Å². The molecule has 1 aliphatic rings. The molecule has 142 valence electrons. The van der Waals surface area contributed by atoms with Crippen LogP contribution in [0.25, 0.3) is 0 Å². The number of methoxy groups -OCH3 is 2. The van der Waals surface area contributed by atoms with Gasteiger partial charge in [0, 0.05) is 12.6 Å². The molecular formula is C20H26ClNO4. The van der Waals surface area contributed by atoms with Crippen LogP contribution < -0.4 is 14.8 Å². The Morgan fingerprint density at radius 1 is 1.08 bits per heavy atom. The van der Waals surface area contributed by atoms with E-state index in [0.717, 1.165) is 36.3 Å². The number of aliphatic hydroxyl groups is 1. The molecule has 26 heavy (non-hydrogen) atoms. The molecule has 0 bridgehead atoms. The van der Waals surface area contributed by atoms with Gasteiger partial charge in [0.2, 0.25) is 0 Å². The number of benzene rings is 2. The number of aliphatic hydroxyl groups excluding tert-OH is 1. The minimum atomic E-state index is -0.590. The third-order valence-corrected chi connectivity index (χ3v) is 4.81. The van der Waals surface area contributed by atoms with Gasteiger partial charge in [0.15, 0.2) is 11.5 Å². The smallest absolute Gasteiger partial charge is 0.161 e. The molecule has 2 aromatic carbocycles. The first kappa shape index (κ1) is 20.4. The predicted molar refractivity (Wildman–Crippen MR) is 104 cm³/mol. The summed E-state index contributed by atoms with van der Waals surface area (Å²) in [7, 11) is 3.30. The van der Waals surface area contributed by atoms with E-state index in [1.54, 1.807) is 38.5 Å². The van der Waals surface area contributed by atoms with Crippen LogP contribution in [0.4, 0.5) is 0 Å². The van der Waals surface area contributed by atoms with Gasteiger partial charge < -0.3 is 25.0 Å². The zero-order chi connectivity index (χ0) is 17.8. The summed E-state index contributed by atoms with van der Waals surface area (Å²) in [6.07, 6.45) is 2.30. The van der Waals surface area contributed by atoms with Crippen LogP contribution in [0, 0.1) is 0 Å². The Balaban J connectivity index is 0.00000243. The molecule has 5 nitrogen and oxygen atoms in total. The van der Waals surface area contributed by atoms with E-state index in [4.69, 9.17) is 9.47 Å². The predicted octanol–water partition coefficient (Wildman–Crippen LogP) is 3.01. The molecule has 0 saturated carbocycles. The van der Waals surface area contributed by atoms with Gasteiger partial charge in [0.25, 0.3) is 0 Å². The van der Waals surface area contributed by atoms with Gasteiger partial charge in [-0.15, -0.1) is 12.4 Å². The molecule has 0 fully saturated rings. The highest BCUT2D eigenvalue weighted by molar-refractivity contribution is 5.85. The van der Waals surface area contributed by atoms with Gasteiger partial charge in [0.05, 0.1) is 20.3 Å². The highest BCUT2D eigenvalue weighted by Crippen LogP contribution is 2.34. The summed E-state index contributed by atoms with van der Waals surface area (Å²) < 4.78 is 10.8. The van der Waals surface area contributed by atoms with Crippen LogP contribution in [0.2, 0.25) is 0 Å². The molecule has 0 saturated heterocycles. The third-order valence-electron chi connectivity index (χ3n) is 4.81. The second-order valence-electron chi connectivity index (χ2n) is 6.43. The zero-order valence-corrected chi connectivity index (χ0v) is 15.9. The molecule has 0 radical (unpaired) electrons. The van der Waals surface area contributed by atoms with Crippen LogP contribution in [0.1, 0.15) is 29.2 Å². The van der Waals surface area contributed by atoms with E-state index in [0.29, 0.717) is 12.6 Å². The van der Waals surface area contributed by atoms with E-state index in [-0.39, 0.29) is 18.2 Å². The summed E-state index contributed by atoms with van der Waals surface area (Å²) in [5.41, 5.74) is 3.36. The molecule has 2 aromatic rings. The number of rotatable bonds is 6. The maximum absolute atomic E-state index is 10.3. The van der Waals surface area contributed by atoms with Crippen LogP contribution in [0.5, 0.6) is 17.2 Å².